The number of hydrogen-bond acceptors (Lipinski definition) is 3. The van der Waals surface area contributed by atoms with Crippen LogP contribution in [0.2, 0.25) is 0 Å². The lowest BCUT2D eigenvalue weighted by molar-refractivity contribution is -0.0794. The smallest absolute Gasteiger partial charge is 0.0790 e. The van der Waals surface area contributed by atoms with Crippen molar-refractivity contribution >= 4 is 0 Å². The fourth-order valence-corrected chi connectivity index (χ4v) is 3.79. The van der Waals surface area contributed by atoms with Gasteiger partial charge in [0.1, 0.15) is 0 Å². The summed E-state index contributed by atoms with van der Waals surface area (Å²) in [4.78, 5) is 2.49. The highest BCUT2D eigenvalue weighted by atomic mass is 16.5. The zero-order chi connectivity index (χ0) is 16.3. The van der Waals surface area contributed by atoms with Crippen molar-refractivity contribution in [2.45, 2.75) is 78.6 Å². The van der Waals surface area contributed by atoms with Gasteiger partial charge in [0.05, 0.1) is 11.2 Å². The van der Waals surface area contributed by atoms with E-state index in [2.05, 4.69) is 65.7 Å². The molecule has 3 nitrogen and oxygen atoms in total. The molecule has 0 aromatic carbocycles. The lowest BCUT2D eigenvalue weighted by atomic mass is 9.82. The first-order valence-electron chi connectivity index (χ1n) is 8.76. The summed E-state index contributed by atoms with van der Waals surface area (Å²) in [7, 11) is 2.25. The average molecular weight is 299 g/mol. The largest absolute Gasteiger partial charge is 0.368 e. The molecule has 0 bridgehead atoms. The molecular formula is C18H38N2O. The van der Waals surface area contributed by atoms with Gasteiger partial charge in [-0.2, -0.15) is 0 Å². The Morgan fingerprint density at radius 1 is 1.14 bits per heavy atom. The van der Waals surface area contributed by atoms with E-state index in [-0.39, 0.29) is 11.2 Å². The minimum atomic E-state index is -0.0967. The molecule has 0 saturated carbocycles. The van der Waals surface area contributed by atoms with Crippen LogP contribution >= 0.6 is 0 Å². The van der Waals surface area contributed by atoms with Crippen molar-refractivity contribution < 1.29 is 4.74 Å². The second kappa shape index (κ2) is 7.43. The molecule has 1 fully saturated rings. The van der Waals surface area contributed by atoms with Crippen LogP contribution in [-0.4, -0.2) is 48.8 Å². The average Bonchev–Trinajstić information content (AvgIpc) is 2.52. The molecule has 3 atom stereocenters. The van der Waals surface area contributed by atoms with E-state index in [1.807, 2.05) is 0 Å². The van der Waals surface area contributed by atoms with Crippen molar-refractivity contribution in [2.24, 2.45) is 11.8 Å². The molecule has 0 radical (unpaired) electrons. The molecule has 0 aromatic heterocycles. The van der Waals surface area contributed by atoms with E-state index in [0.717, 1.165) is 19.0 Å². The first-order chi connectivity index (χ1) is 9.64. The highest BCUT2D eigenvalue weighted by molar-refractivity contribution is 5.06. The molecule has 0 aliphatic carbocycles. The topological polar surface area (TPSA) is 24.5 Å². The SMILES string of the molecule is CCCNC1C(CN(C)CC(C)CC)C(C)(C)OC1(C)C. The van der Waals surface area contributed by atoms with Gasteiger partial charge in [-0.1, -0.05) is 27.2 Å². The lowest BCUT2D eigenvalue weighted by Crippen LogP contribution is -2.51. The van der Waals surface area contributed by atoms with Crippen LogP contribution in [0.3, 0.4) is 0 Å². The maximum Gasteiger partial charge on any atom is 0.0790 e. The van der Waals surface area contributed by atoms with Crippen LogP contribution in [0.1, 0.15) is 61.3 Å². The lowest BCUT2D eigenvalue weighted by Gasteiger charge is -2.34. The van der Waals surface area contributed by atoms with Crippen LogP contribution < -0.4 is 5.32 Å². The van der Waals surface area contributed by atoms with Gasteiger partial charge in [0.15, 0.2) is 0 Å². The third-order valence-electron chi connectivity index (χ3n) is 5.01. The van der Waals surface area contributed by atoms with Gasteiger partial charge in [0, 0.05) is 25.0 Å². The van der Waals surface area contributed by atoms with Crippen LogP contribution in [0.25, 0.3) is 0 Å². The highest BCUT2D eigenvalue weighted by Gasteiger charge is 2.53. The van der Waals surface area contributed by atoms with Crippen molar-refractivity contribution in [3.8, 4) is 0 Å². The van der Waals surface area contributed by atoms with E-state index in [1.165, 1.54) is 19.4 Å². The Hall–Kier alpha value is -0.120. The van der Waals surface area contributed by atoms with Gasteiger partial charge in [0.2, 0.25) is 0 Å². The van der Waals surface area contributed by atoms with Crippen LogP contribution in [0.5, 0.6) is 0 Å². The van der Waals surface area contributed by atoms with Crippen molar-refractivity contribution in [2.75, 3.05) is 26.7 Å². The predicted molar refractivity (Wildman–Crippen MR) is 91.8 cm³/mol. The van der Waals surface area contributed by atoms with Gasteiger partial charge >= 0.3 is 0 Å². The van der Waals surface area contributed by atoms with Gasteiger partial charge in [-0.25, -0.2) is 0 Å². The van der Waals surface area contributed by atoms with E-state index in [0.29, 0.717) is 12.0 Å². The summed E-state index contributed by atoms with van der Waals surface area (Å²) in [5, 5.41) is 3.75. The van der Waals surface area contributed by atoms with Gasteiger partial charge in [0.25, 0.3) is 0 Å². The number of rotatable bonds is 8. The summed E-state index contributed by atoms with van der Waals surface area (Å²) in [5.41, 5.74) is -0.167. The van der Waals surface area contributed by atoms with Crippen molar-refractivity contribution in [3.05, 3.63) is 0 Å². The predicted octanol–water partition coefficient (Wildman–Crippen LogP) is 3.54. The molecule has 21 heavy (non-hydrogen) atoms. The molecular weight excluding hydrogens is 260 g/mol. The number of nitrogens with zero attached hydrogens (tertiary/aromatic N) is 1. The zero-order valence-corrected chi connectivity index (χ0v) is 15.6. The van der Waals surface area contributed by atoms with Crippen LogP contribution in [0.15, 0.2) is 0 Å². The van der Waals surface area contributed by atoms with Crippen LogP contribution in [0.4, 0.5) is 0 Å². The maximum atomic E-state index is 6.40. The Bertz CT molecular complexity index is 314. The summed E-state index contributed by atoms with van der Waals surface area (Å²) in [6.07, 6.45) is 2.42. The second-order valence-corrected chi connectivity index (χ2v) is 8.08. The molecule has 1 aliphatic rings. The highest BCUT2D eigenvalue weighted by Crippen LogP contribution is 2.42. The Kier molecular flexibility index (Phi) is 6.70. The Morgan fingerprint density at radius 2 is 1.76 bits per heavy atom. The molecule has 1 rings (SSSR count). The van der Waals surface area contributed by atoms with Crippen molar-refractivity contribution in [1.29, 1.82) is 0 Å². The van der Waals surface area contributed by atoms with E-state index in [4.69, 9.17) is 4.74 Å². The molecule has 0 spiro atoms. The summed E-state index contributed by atoms with van der Waals surface area (Å²) < 4.78 is 6.40. The Balaban J connectivity index is 2.78. The summed E-state index contributed by atoms with van der Waals surface area (Å²) in [6.45, 7) is 19.2. The monoisotopic (exact) mass is 298 g/mol. The van der Waals surface area contributed by atoms with Gasteiger partial charge in [-0.3, -0.25) is 0 Å². The molecule has 1 heterocycles. The quantitative estimate of drug-likeness (QED) is 0.742. The number of hydrogen-bond donors (Lipinski definition) is 1. The van der Waals surface area contributed by atoms with E-state index in [1.54, 1.807) is 0 Å². The minimum Gasteiger partial charge on any atom is -0.368 e. The normalized spacial score (nSPS) is 29.0. The van der Waals surface area contributed by atoms with Gasteiger partial charge < -0.3 is 15.0 Å². The van der Waals surface area contributed by atoms with Gasteiger partial charge in [-0.05, 0) is 53.6 Å². The fourth-order valence-electron chi connectivity index (χ4n) is 3.79. The molecule has 1 aliphatic heterocycles. The van der Waals surface area contributed by atoms with Crippen molar-refractivity contribution in [1.82, 2.24) is 10.2 Å². The summed E-state index contributed by atoms with van der Waals surface area (Å²) in [5.74, 6) is 1.28. The molecule has 1 saturated heterocycles. The Morgan fingerprint density at radius 3 is 2.29 bits per heavy atom. The first-order valence-corrected chi connectivity index (χ1v) is 8.76. The first kappa shape index (κ1) is 18.9. The summed E-state index contributed by atoms with van der Waals surface area (Å²) >= 11 is 0. The van der Waals surface area contributed by atoms with E-state index in [9.17, 15) is 0 Å². The third kappa shape index (κ3) is 4.94. The standard InChI is InChI=1S/C18H38N2O/c1-9-11-19-16-15(13-20(8)12-14(3)10-2)17(4,5)21-18(16,6)7/h14-16,19H,9-13H2,1-8H3. The minimum absolute atomic E-state index is 0.0708. The van der Waals surface area contributed by atoms with Gasteiger partial charge in [-0.15, -0.1) is 0 Å². The van der Waals surface area contributed by atoms with E-state index >= 15 is 0 Å². The van der Waals surface area contributed by atoms with E-state index < -0.39 is 0 Å². The number of ether oxygens (including phenoxy) is 1. The fraction of sp³-hybridized carbons (Fsp3) is 1.00. The molecule has 126 valence electrons. The Labute approximate surface area is 132 Å². The van der Waals surface area contributed by atoms with Crippen LogP contribution in [-0.2, 0) is 4.74 Å². The molecule has 0 amide bonds. The second-order valence-electron chi connectivity index (χ2n) is 8.08. The molecule has 0 aromatic rings. The molecule has 3 heteroatoms. The van der Waals surface area contributed by atoms with Crippen molar-refractivity contribution in [3.63, 3.8) is 0 Å². The summed E-state index contributed by atoms with van der Waals surface area (Å²) in [6, 6.07) is 0.423. The third-order valence-corrected chi connectivity index (χ3v) is 5.01. The number of nitrogens with one attached hydrogen (secondary N) is 1. The molecule has 3 unspecified atom stereocenters. The maximum absolute atomic E-state index is 6.40. The molecule has 1 N–H and O–H groups in total. The zero-order valence-electron chi connectivity index (χ0n) is 15.6. The van der Waals surface area contributed by atoms with Crippen LogP contribution in [0, 0.1) is 11.8 Å².